The Morgan fingerprint density at radius 3 is 2.67 bits per heavy atom. The van der Waals surface area contributed by atoms with E-state index in [1.54, 1.807) is 0 Å². The summed E-state index contributed by atoms with van der Waals surface area (Å²) in [6.07, 6.45) is 0.677. The lowest BCUT2D eigenvalue weighted by molar-refractivity contribution is -0.00697. The van der Waals surface area contributed by atoms with Crippen molar-refractivity contribution in [2.45, 2.75) is 59.8 Å². The van der Waals surface area contributed by atoms with Crippen LogP contribution in [0, 0.1) is 20.8 Å². The van der Waals surface area contributed by atoms with Gasteiger partial charge in [-0.05, 0) is 34.6 Å². The monoisotopic (exact) mass is 329 g/mol. The van der Waals surface area contributed by atoms with Crippen LogP contribution in [0.4, 0.5) is 0 Å². The number of H-pyrrole nitrogens is 1. The van der Waals surface area contributed by atoms with Crippen LogP contribution in [0.15, 0.2) is 0 Å². The van der Waals surface area contributed by atoms with E-state index in [2.05, 4.69) is 25.5 Å². The molecule has 3 heterocycles. The fraction of sp³-hybridized carbons (Fsp3) is 0.529. The molecule has 2 aromatic rings. The van der Waals surface area contributed by atoms with Gasteiger partial charge in [-0.3, -0.25) is 19.9 Å². The van der Waals surface area contributed by atoms with Crippen molar-refractivity contribution in [1.82, 2.24) is 25.5 Å². The van der Waals surface area contributed by atoms with Gasteiger partial charge >= 0.3 is 0 Å². The predicted molar refractivity (Wildman–Crippen MR) is 88.7 cm³/mol. The molecule has 0 fully saturated rings. The van der Waals surface area contributed by atoms with Gasteiger partial charge in [0.15, 0.2) is 5.69 Å². The average Bonchev–Trinajstić information content (AvgIpc) is 2.93. The van der Waals surface area contributed by atoms with E-state index >= 15 is 0 Å². The molecule has 0 saturated carbocycles. The second kappa shape index (κ2) is 6.32. The highest BCUT2D eigenvalue weighted by Crippen LogP contribution is 2.30. The second-order valence-electron chi connectivity index (χ2n) is 6.37. The van der Waals surface area contributed by atoms with Gasteiger partial charge in [-0.2, -0.15) is 5.10 Å². The Labute approximate surface area is 141 Å². The molecule has 7 nitrogen and oxygen atoms in total. The van der Waals surface area contributed by atoms with Crippen LogP contribution in [0.3, 0.4) is 0 Å². The van der Waals surface area contributed by atoms with E-state index in [0.717, 1.165) is 34.0 Å². The third-order valence-electron chi connectivity index (χ3n) is 4.44. The van der Waals surface area contributed by atoms with Gasteiger partial charge in [0.2, 0.25) is 0 Å². The highest BCUT2D eigenvalue weighted by molar-refractivity contribution is 5.94. The number of nitrogens with zero attached hydrogens (tertiary/aromatic N) is 3. The topological polar surface area (TPSA) is 92.8 Å². The lowest BCUT2D eigenvalue weighted by atomic mass is 9.99. The molecule has 0 unspecified atom stereocenters. The fourth-order valence-corrected chi connectivity index (χ4v) is 3.04. The van der Waals surface area contributed by atoms with E-state index in [1.165, 1.54) is 0 Å². The van der Waals surface area contributed by atoms with Gasteiger partial charge in [-0.1, -0.05) is 0 Å². The van der Waals surface area contributed by atoms with Crippen LogP contribution < -0.4 is 5.32 Å². The third-order valence-corrected chi connectivity index (χ3v) is 4.44. The molecule has 0 saturated heterocycles. The summed E-state index contributed by atoms with van der Waals surface area (Å²) in [5.74, 6) is -0.201. The molecule has 0 spiro atoms. The van der Waals surface area contributed by atoms with Crippen LogP contribution >= 0.6 is 0 Å². The van der Waals surface area contributed by atoms with Crippen LogP contribution in [0.2, 0.25) is 0 Å². The maximum Gasteiger partial charge on any atom is 0.272 e. The second-order valence-corrected chi connectivity index (χ2v) is 6.37. The lowest BCUT2D eigenvalue weighted by Crippen LogP contribution is -2.28. The lowest BCUT2D eigenvalue weighted by Gasteiger charge is -2.25. The zero-order valence-corrected chi connectivity index (χ0v) is 14.7. The number of carbonyl (C=O) groups excluding carboxylic acids is 1. The van der Waals surface area contributed by atoms with E-state index < -0.39 is 0 Å². The first-order valence-corrected chi connectivity index (χ1v) is 8.18. The molecule has 2 aromatic heterocycles. The molecule has 0 aliphatic carbocycles. The number of aromatic amines is 1. The van der Waals surface area contributed by atoms with Crippen molar-refractivity contribution in [2.24, 2.45) is 0 Å². The third kappa shape index (κ3) is 3.03. The Hall–Kier alpha value is -2.28. The Morgan fingerprint density at radius 1 is 1.21 bits per heavy atom. The number of rotatable bonds is 3. The summed E-state index contributed by atoms with van der Waals surface area (Å²) < 4.78 is 5.75. The summed E-state index contributed by atoms with van der Waals surface area (Å²) in [6, 6.07) is 0. The largest absolute Gasteiger partial charge is 0.369 e. The minimum absolute atomic E-state index is 0.0736. The SMILES string of the molecule is Cc1nc(C)c(CNC(=O)c2n[nH]c3c2C[C@@H](C)O[C@H]3C)nc1C. The van der Waals surface area contributed by atoms with Gasteiger partial charge in [0.25, 0.3) is 5.91 Å². The van der Waals surface area contributed by atoms with Crippen LogP contribution in [-0.2, 0) is 17.7 Å². The van der Waals surface area contributed by atoms with Crippen molar-refractivity contribution in [1.29, 1.82) is 0 Å². The Balaban J connectivity index is 1.76. The minimum Gasteiger partial charge on any atom is -0.369 e. The van der Waals surface area contributed by atoms with Gasteiger partial charge < -0.3 is 10.1 Å². The van der Waals surface area contributed by atoms with E-state index in [0.29, 0.717) is 18.7 Å². The molecule has 128 valence electrons. The van der Waals surface area contributed by atoms with Crippen LogP contribution in [0.5, 0.6) is 0 Å². The summed E-state index contributed by atoms with van der Waals surface area (Å²) in [7, 11) is 0. The van der Waals surface area contributed by atoms with Crippen LogP contribution in [0.1, 0.15) is 64.5 Å². The average molecular weight is 329 g/mol. The summed E-state index contributed by atoms with van der Waals surface area (Å²) in [5, 5.41) is 10.0. The molecular formula is C17H23N5O2. The zero-order chi connectivity index (χ0) is 17.4. The number of nitrogens with one attached hydrogen (secondary N) is 2. The quantitative estimate of drug-likeness (QED) is 0.899. The van der Waals surface area contributed by atoms with Crippen molar-refractivity contribution in [2.75, 3.05) is 0 Å². The maximum absolute atomic E-state index is 12.5. The number of aromatic nitrogens is 4. The normalized spacial score (nSPS) is 19.9. The smallest absolute Gasteiger partial charge is 0.272 e. The highest BCUT2D eigenvalue weighted by Gasteiger charge is 2.29. The number of amides is 1. The Kier molecular flexibility index (Phi) is 4.36. The molecule has 2 N–H and O–H groups in total. The maximum atomic E-state index is 12.5. The van der Waals surface area contributed by atoms with Gasteiger partial charge in [-0.25, -0.2) is 0 Å². The molecular weight excluding hydrogens is 306 g/mol. The molecule has 1 amide bonds. The van der Waals surface area contributed by atoms with Gasteiger partial charge in [0.05, 0.1) is 47.2 Å². The molecule has 0 radical (unpaired) electrons. The molecule has 3 rings (SSSR count). The van der Waals surface area contributed by atoms with Crippen molar-refractivity contribution in [3.63, 3.8) is 0 Å². The van der Waals surface area contributed by atoms with E-state index in [4.69, 9.17) is 4.74 Å². The summed E-state index contributed by atoms with van der Waals surface area (Å²) >= 11 is 0. The van der Waals surface area contributed by atoms with E-state index in [1.807, 2.05) is 34.6 Å². The van der Waals surface area contributed by atoms with Crippen LogP contribution in [0.25, 0.3) is 0 Å². The highest BCUT2D eigenvalue weighted by atomic mass is 16.5. The molecule has 24 heavy (non-hydrogen) atoms. The van der Waals surface area contributed by atoms with Crippen molar-refractivity contribution < 1.29 is 9.53 Å². The summed E-state index contributed by atoms with van der Waals surface area (Å²) in [6.45, 7) is 10.0. The number of hydrogen-bond donors (Lipinski definition) is 2. The fourth-order valence-electron chi connectivity index (χ4n) is 3.04. The zero-order valence-electron chi connectivity index (χ0n) is 14.7. The molecule has 1 aliphatic rings. The summed E-state index contributed by atoms with van der Waals surface area (Å²) in [5.41, 5.74) is 5.68. The predicted octanol–water partition coefficient (Wildman–Crippen LogP) is 2.08. The summed E-state index contributed by atoms with van der Waals surface area (Å²) in [4.78, 5) is 21.5. The minimum atomic E-state index is -0.201. The van der Waals surface area contributed by atoms with Crippen molar-refractivity contribution in [3.8, 4) is 0 Å². The molecule has 0 bridgehead atoms. The van der Waals surface area contributed by atoms with Crippen molar-refractivity contribution >= 4 is 5.91 Å². The van der Waals surface area contributed by atoms with Crippen LogP contribution in [-0.4, -0.2) is 32.2 Å². The number of hydrogen-bond acceptors (Lipinski definition) is 5. The number of fused-ring (bicyclic) bond motifs is 1. The first-order valence-electron chi connectivity index (χ1n) is 8.18. The van der Waals surface area contributed by atoms with Crippen molar-refractivity contribution in [3.05, 3.63) is 39.7 Å². The van der Waals surface area contributed by atoms with E-state index in [-0.39, 0.29) is 18.1 Å². The Bertz CT molecular complexity index is 784. The first-order chi connectivity index (χ1) is 11.4. The Morgan fingerprint density at radius 2 is 1.92 bits per heavy atom. The standard InChI is InChI=1S/C17H23N5O2/c1-8-6-13-15(12(5)24-8)21-22-16(13)17(23)18-7-14-11(4)19-9(2)10(3)20-14/h8,12H,6-7H2,1-5H3,(H,18,23)(H,21,22)/t8-,12+/m1/s1. The van der Waals surface area contributed by atoms with Gasteiger partial charge in [0, 0.05) is 12.0 Å². The van der Waals surface area contributed by atoms with Gasteiger partial charge in [0.1, 0.15) is 0 Å². The molecule has 1 aliphatic heterocycles. The number of ether oxygens (including phenoxy) is 1. The molecule has 7 heteroatoms. The molecule has 2 atom stereocenters. The first kappa shape index (κ1) is 16.6. The van der Waals surface area contributed by atoms with Gasteiger partial charge in [-0.15, -0.1) is 0 Å². The molecule has 0 aromatic carbocycles. The number of aryl methyl sites for hydroxylation is 3. The number of carbonyl (C=O) groups is 1. The van der Waals surface area contributed by atoms with E-state index in [9.17, 15) is 4.79 Å².